The van der Waals surface area contributed by atoms with E-state index < -0.39 is 0 Å². The summed E-state index contributed by atoms with van der Waals surface area (Å²) >= 11 is 0. The van der Waals surface area contributed by atoms with Crippen molar-refractivity contribution in [2.75, 3.05) is 13.1 Å². The van der Waals surface area contributed by atoms with Gasteiger partial charge in [0.05, 0.1) is 5.92 Å². The van der Waals surface area contributed by atoms with Crippen LogP contribution in [0.1, 0.15) is 34.8 Å². The van der Waals surface area contributed by atoms with Gasteiger partial charge in [0.1, 0.15) is 6.61 Å². The number of benzene rings is 2. The summed E-state index contributed by atoms with van der Waals surface area (Å²) in [6.45, 7) is 3.61. The summed E-state index contributed by atoms with van der Waals surface area (Å²) in [6, 6.07) is 17.8. The molecule has 2 aliphatic heterocycles. The van der Waals surface area contributed by atoms with Gasteiger partial charge in [0.25, 0.3) is 11.8 Å². The summed E-state index contributed by atoms with van der Waals surface area (Å²) < 4.78 is 6.03. The number of hydrogen-bond donors (Lipinski definition) is 1. The van der Waals surface area contributed by atoms with Crippen LogP contribution in [0.15, 0.2) is 89.6 Å². The molecule has 0 spiro atoms. The van der Waals surface area contributed by atoms with Gasteiger partial charge >= 0.3 is 0 Å². The second-order valence-electron chi connectivity index (χ2n) is 8.82. The molecular formula is C28H27N3O3. The van der Waals surface area contributed by atoms with Crippen molar-refractivity contribution in [3.05, 3.63) is 101 Å². The predicted molar refractivity (Wildman–Crippen MR) is 132 cm³/mol. The Labute approximate surface area is 199 Å². The molecule has 5 rings (SSSR count). The van der Waals surface area contributed by atoms with Crippen molar-refractivity contribution in [3.63, 3.8) is 0 Å². The maximum atomic E-state index is 13.1. The quantitative estimate of drug-likeness (QED) is 0.749. The zero-order chi connectivity index (χ0) is 23.5. The van der Waals surface area contributed by atoms with Gasteiger partial charge in [0.15, 0.2) is 0 Å². The molecule has 2 heterocycles. The van der Waals surface area contributed by atoms with Gasteiger partial charge in [-0.25, -0.2) is 5.43 Å². The Kier molecular flexibility index (Phi) is 6.12. The highest BCUT2D eigenvalue weighted by molar-refractivity contribution is 6.04. The van der Waals surface area contributed by atoms with Gasteiger partial charge in [-0.3, -0.25) is 9.59 Å². The molecule has 0 bridgehead atoms. The number of amides is 2. The van der Waals surface area contributed by atoms with E-state index in [4.69, 9.17) is 4.74 Å². The summed E-state index contributed by atoms with van der Waals surface area (Å²) in [5, 5.41) is 4.16. The molecule has 172 valence electrons. The van der Waals surface area contributed by atoms with Crippen molar-refractivity contribution < 1.29 is 14.3 Å². The third kappa shape index (κ3) is 4.44. The van der Waals surface area contributed by atoms with E-state index >= 15 is 0 Å². The Morgan fingerprint density at radius 1 is 1.18 bits per heavy atom. The molecule has 0 saturated heterocycles. The Hall–Kier alpha value is -3.93. The lowest BCUT2D eigenvalue weighted by molar-refractivity contribution is -0.118. The van der Waals surface area contributed by atoms with E-state index in [-0.39, 0.29) is 30.3 Å². The summed E-state index contributed by atoms with van der Waals surface area (Å²) in [4.78, 5) is 27.2. The topological polar surface area (TPSA) is 71.0 Å². The summed E-state index contributed by atoms with van der Waals surface area (Å²) in [7, 11) is 0. The van der Waals surface area contributed by atoms with Crippen LogP contribution in [0.3, 0.4) is 0 Å². The molecule has 34 heavy (non-hydrogen) atoms. The molecule has 0 radical (unpaired) electrons. The Morgan fingerprint density at radius 2 is 2.03 bits per heavy atom. The first-order valence-electron chi connectivity index (χ1n) is 11.6. The van der Waals surface area contributed by atoms with Crippen LogP contribution < -0.4 is 5.43 Å². The third-order valence-electron chi connectivity index (χ3n) is 6.55. The monoisotopic (exact) mass is 453 g/mol. The average molecular weight is 454 g/mol. The Morgan fingerprint density at radius 3 is 2.82 bits per heavy atom. The number of hydrazone groups is 1. The lowest BCUT2D eigenvalue weighted by atomic mass is 9.82. The van der Waals surface area contributed by atoms with E-state index in [2.05, 4.69) is 28.7 Å². The average Bonchev–Trinajstić information content (AvgIpc) is 2.89. The second-order valence-corrected chi connectivity index (χ2v) is 8.82. The Bertz CT molecular complexity index is 1230. The number of ether oxygens (including phenoxy) is 1. The van der Waals surface area contributed by atoms with Gasteiger partial charge in [-0.05, 0) is 41.2 Å². The SMILES string of the molecule is CC1C=CC=C2C(=O)NN=C(OCc3cccc(C(=O)N4CC=C(c5ccccc5)CC4)c3)C21. The van der Waals surface area contributed by atoms with Crippen LogP contribution in [0.2, 0.25) is 0 Å². The van der Waals surface area contributed by atoms with Gasteiger partial charge in [-0.1, -0.05) is 73.7 Å². The van der Waals surface area contributed by atoms with E-state index in [1.54, 1.807) is 0 Å². The van der Waals surface area contributed by atoms with Gasteiger partial charge in [0.2, 0.25) is 5.90 Å². The lowest BCUT2D eigenvalue weighted by Gasteiger charge is -2.30. The highest BCUT2D eigenvalue weighted by Crippen LogP contribution is 2.30. The number of nitrogens with zero attached hydrogens (tertiary/aromatic N) is 2. The van der Waals surface area contributed by atoms with E-state index in [9.17, 15) is 9.59 Å². The minimum Gasteiger partial charge on any atom is -0.474 e. The molecule has 2 aromatic rings. The van der Waals surface area contributed by atoms with Crippen LogP contribution in [0.5, 0.6) is 0 Å². The number of carbonyl (C=O) groups excluding carboxylic acids is 2. The molecule has 2 atom stereocenters. The van der Waals surface area contributed by atoms with Crippen LogP contribution in [-0.4, -0.2) is 35.7 Å². The first-order chi connectivity index (χ1) is 16.6. The van der Waals surface area contributed by atoms with Crippen LogP contribution in [-0.2, 0) is 16.1 Å². The molecule has 0 aromatic heterocycles. The van der Waals surface area contributed by atoms with Crippen LogP contribution >= 0.6 is 0 Å². The van der Waals surface area contributed by atoms with E-state index in [0.29, 0.717) is 30.1 Å². The molecule has 6 nitrogen and oxygen atoms in total. The molecule has 2 amide bonds. The van der Waals surface area contributed by atoms with Gasteiger partial charge in [-0.15, -0.1) is 5.10 Å². The third-order valence-corrected chi connectivity index (χ3v) is 6.55. The lowest BCUT2D eigenvalue weighted by Crippen LogP contribution is -2.40. The number of fused-ring (bicyclic) bond motifs is 1. The molecule has 2 aromatic carbocycles. The summed E-state index contributed by atoms with van der Waals surface area (Å²) in [5.74, 6) is 0.248. The zero-order valence-electron chi connectivity index (χ0n) is 19.1. The standard InChI is InChI=1S/C28H27N3O3/c1-19-7-5-12-24-25(19)27(30-29-26(24)32)34-18-20-8-6-11-23(17-20)28(33)31-15-13-22(14-16-31)21-9-3-2-4-10-21/h2-13,17,19,25H,14-16,18H2,1H3,(H,29,32). The maximum absolute atomic E-state index is 13.1. The largest absolute Gasteiger partial charge is 0.474 e. The van der Waals surface area contributed by atoms with E-state index in [1.807, 2.05) is 72.5 Å². The molecule has 0 saturated carbocycles. The number of rotatable bonds is 4. The molecule has 0 fully saturated rings. The second kappa shape index (κ2) is 9.51. The summed E-state index contributed by atoms with van der Waals surface area (Å²) in [6.07, 6.45) is 8.74. The van der Waals surface area contributed by atoms with Gasteiger partial charge in [-0.2, -0.15) is 0 Å². The number of allylic oxidation sites excluding steroid dienone is 3. The van der Waals surface area contributed by atoms with Crippen LogP contribution in [0.4, 0.5) is 0 Å². The number of hydrogen-bond acceptors (Lipinski definition) is 4. The molecule has 1 N–H and O–H groups in total. The molecule has 3 aliphatic rings. The predicted octanol–water partition coefficient (Wildman–Crippen LogP) is 4.32. The van der Waals surface area contributed by atoms with E-state index in [1.165, 1.54) is 11.1 Å². The molecule has 6 heteroatoms. The van der Waals surface area contributed by atoms with Crippen molar-refractivity contribution in [2.45, 2.75) is 20.0 Å². The molecule has 2 unspecified atom stereocenters. The van der Waals surface area contributed by atoms with Gasteiger partial charge in [0, 0.05) is 24.2 Å². The van der Waals surface area contributed by atoms with Crippen molar-refractivity contribution in [2.24, 2.45) is 16.9 Å². The van der Waals surface area contributed by atoms with E-state index in [0.717, 1.165) is 12.0 Å². The minimum absolute atomic E-state index is 0.0174. The highest BCUT2D eigenvalue weighted by atomic mass is 16.5. The highest BCUT2D eigenvalue weighted by Gasteiger charge is 2.35. The van der Waals surface area contributed by atoms with Crippen molar-refractivity contribution in [1.29, 1.82) is 0 Å². The van der Waals surface area contributed by atoms with Crippen LogP contribution in [0.25, 0.3) is 5.57 Å². The normalized spacial score (nSPS) is 21.6. The summed E-state index contributed by atoms with van der Waals surface area (Å²) in [5.41, 5.74) is 7.23. The number of carbonyl (C=O) groups is 2. The maximum Gasteiger partial charge on any atom is 0.268 e. The zero-order valence-corrected chi connectivity index (χ0v) is 19.1. The minimum atomic E-state index is -0.192. The van der Waals surface area contributed by atoms with Crippen molar-refractivity contribution in [1.82, 2.24) is 10.3 Å². The van der Waals surface area contributed by atoms with Crippen LogP contribution in [0, 0.1) is 11.8 Å². The fourth-order valence-corrected chi connectivity index (χ4v) is 4.67. The molecular weight excluding hydrogens is 426 g/mol. The smallest absolute Gasteiger partial charge is 0.268 e. The fraction of sp³-hybridized carbons (Fsp3) is 0.250. The van der Waals surface area contributed by atoms with Crippen molar-refractivity contribution in [3.8, 4) is 0 Å². The Balaban J connectivity index is 1.24. The fourth-order valence-electron chi connectivity index (χ4n) is 4.67. The molecule has 1 aliphatic carbocycles. The first-order valence-corrected chi connectivity index (χ1v) is 11.6. The van der Waals surface area contributed by atoms with Crippen molar-refractivity contribution >= 4 is 23.3 Å². The van der Waals surface area contributed by atoms with Gasteiger partial charge < -0.3 is 9.64 Å². The first kappa shape index (κ1) is 21.9. The number of nitrogens with one attached hydrogen (secondary N) is 1.